The molecule has 0 fully saturated rings. The number of sulfone groups is 1. The molecular weight excluding hydrogens is 395 g/mol. The highest BCUT2D eigenvalue weighted by Gasteiger charge is 2.55. The largest absolute Gasteiger partial charge is 0.426 e. The Morgan fingerprint density at radius 2 is 1.65 bits per heavy atom. The van der Waals surface area contributed by atoms with E-state index < -0.39 is 27.5 Å². The van der Waals surface area contributed by atoms with E-state index in [-0.39, 0.29) is 20.5 Å². The zero-order valence-corrected chi connectivity index (χ0v) is 14.8. The van der Waals surface area contributed by atoms with Crippen molar-refractivity contribution in [1.29, 1.82) is 0 Å². The molecule has 140 valence electrons. The molecule has 0 aliphatic rings. The third-order valence-corrected chi connectivity index (χ3v) is 5.63. The SMILES string of the molecule is C[C@](O)(C(=O)Nc1ccc(S(=O)(=O)c2ccccc2)cc1Cl)C(F)(F)F. The summed E-state index contributed by atoms with van der Waals surface area (Å²) in [6, 6.07) is 10.6. The summed E-state index contributed by atoms with van der Waals surface area (Å²) in [5, 5.41) is 10.9. The van der Waals surface area contributed by atoms with Crippen LogP contribution in [0.2, 0.25) is 5.02 Å². The number of anilines is 1. The van der Waals surface area contributed by atoms with Crippen molar-refractivity contribution in [3.8, 4) is 0 Å². The average Bonchev–Trinajstić information content (AvgIpc) is 2.56. The van der Waals surface area contributed by atoms with Crippen LogP contribution in [0.15, 0.2) is 58.3 Å². The molecule has 2 rings (SSSR count). The summed E-state index contributed by atoms with van der Waals surface area (Å²) in [6.07, 6.45) is -5.19. The van der Waals surface area contributed by atoms with Crippen LogP contribution < -0.4 is 5.32 Å². The van der Waals surface area contributed by atoms with E-state index in [0.717, 1.165) is 18.2 Å². The minimum atomic E-state index is -5.19. The second-order valence-corrected chi connectivity index (χ2v) is 7.84. The van der Waals surface area contributed by atoms with Crippen LogP contribution >= 0.6 is 11.6 Å². The molecule has 0 bridgehead atoms. The Morgan fingerprint density at radius 1 is 1.08 bits per heavy atom. The van der Waals surface area contributed by atoms with E-state index in [9.17, 15) is 31.5 Å². The smallest absolute Gasteiger partial charge is 0.373 e. The molecule has 2 aromatic rings. The number of alkyl halides is 3. The summed E-state index contributed by atoms with van der Waals surface area (Å²) in [6.45, 7) is 0.296. The molecule has 10 heteroatoms. The van der Waals surface area contributed by atoms with Gasteiger partial charge in [-0.3, -0.25) is 4.79 Å². The summed E-state index contributed by atoms with van der Waals surface area (Å²) in [7, 11) is -3.88. The third-order valence-electron chi connectivity index (χ3n) is 3.55. The van der Waals surface area contributed by atoms with E-state index in [2.05, 4.69) is 0 Å². The summed E-state index contributed by atoms with van der Waals surface area (Å²) in [5.74, 6) is -1.74. The first-order valence-corrected chi connectivity index (χ1v) is 8.94. The van der Waals surface area contributed by atoms with E-state index in [1.165, 1.54) is 24.3 Å². The number of carbonyl (C=O) groups is 1. The van der Waals surface area contributed by atoms with Crippen molar-refractivity contribution in [2.45, 2.75) is 28.5 Å². The lowest BCUT2D eigenvalue weighted by Gasteiger charge is -2.25. The van der Waals surface area contributed by atoms with Gasteiger partial charge in [0.15, 0.2) is 0 Å². The first kappa shape index (κ1) is 20.2. The van der Waals surface area contributed by atoms with Crippen LogP contribution in [-0.4, -0.2) is 31.2 Å². The highest BCUT2D eigenvalue weighted by atomic mass is 35.5. The minimum absolute atomic E-state index is 0.00727. The Labute approximate surface area is 152 Å². The summed E-state index contributed by atoms with van der Waals surface area (Å²) in [4.78, 5) is 11.5. The van der Waals surface area contributed by atoms with E-state index in [1.807, 2.05) is 5.32 Å². The number of benzene rings is 2. The topological polar surface area (TPSA) is 83.5 Å². The predicted octanol–water partition coefficient (Wildman–Crippen LogP) is 3.42. The Bertz CT molecular complexity index is 928. The number of hydrogen-bond donors (Lipinski definition) is 2. The normalized spacial score (nSPS) is 14.5. The van der Waals surface area contributed by atoms with Gasteiger partial charge in [0.2, 0.25) is 15.4 Å². The third kappa shape index (κ3) is 3.84. The van der Waals surface area contributed by atoms with Gasteiger partial charge in [-0.1, -0.05) is 29.8 Å². The van der Waals surface area contributed by atoms with Crippen LogP contribution in [0.1, 0.15) is 6.92 Å². The molecule has 0 aliphatic heterocycles. The Morgan fingerprint density at radius 3 is 2.15 bits per heavy atom. The van der Waals surface area contributed by atoms with Gasteiger partial charge < -0.3 is 10.4 Å². The molecule has 0 spiro atoms. The van der Waals surface area contributed by atoms with Gasteiger partial charge in [0.05, 0.1) is 20.5 Å². The van der Waals surface area contributed by atoms with Gasteiger partial charge in [0.1, 0.15) is 0 Å². The van der Waals surface area contributed by atoms with E-state index >= 15 is 0 Å². The summed E-state index contributed by atoms with van der Waals surface area (Å²) in [5.41, 5.74) is -3.90. The van der Waals surface area contributed by atoms with E-state index in [1.54, 1.807) is 6.07 Å². The van der Waals surface area contributed by atoms with Crippen molar-refractivity contribution in [1.82, 2.24) is 0 Å². The van der Waals surface area contributed by atoms with Crippen LogP contribution in [0.3, 0.4) is 0 Å². The molecular formula is C16H13ClF3NO4S. The fourth-order valence-corrected chi connectivity index (χ4v) is 3.47. The average molecular weight is 408 g/mol. The second-order valence-electron chi connectivity index (χ2n) is 5.48. The lowest BCUT2D eigenvalue weighted by Crippen LogP contribution is -2.52. The molecule has 0 aliphatic carbocycles. The number of amides is 1. The van der Waals surface area contributed by atoms with Crippen LogP contribution in [0.4, 0.5) is 18.9 Å². The number of rotatable bonds is 4. The first-order valence-electron chi connectivity index (χ1n) is 7.07. The van der Waals surface area contributed by atoms with Crippen molar-refractivity contribution in [2.24, 2.45) is 0 Å². The standard InChI is InChI=1S/C16H13ClF3NO4S/c1-15(23,16(18,19)20)14(22)21-13-8-7-11(9-12(13)17)26(24,25)10-5-3-2-4-6-10/h2-9,23H,1H3,(H,21,22)/t15-/m0/s1. The number of hydrogen-bond acceptors (Lipinski definition) is 4. The molecule has 2 N–H and O–H groups in total. The minimum Gasteiger partial charge on any atom is -0.373 e. The zero-order valence-electron chi connectivity index (χ0n) is 13.2. The molecule has 1 amide bonds. The van der Waals surface area contributed by atoms with Crippen LogP contribution in [0, 0.1) is 0 Å². The van der Waals surface area contributed by atoms with Crippen molar-refractivity contribution in [2.75, 3.05) is 5.32 Å². The zero-order chi connectivity index (χ0) is 19.8. The highest BCUT2D eigenvalue weighted by molar-refractivity contribution is 7.91. The number of carbonyl (C=O) groups excluding carboxylic acids is 1. The molecule has 0 heterocycles. The maximum Gasteiger partial charge on any atom is 0.426 e. The van der Waals surface area contributed by atoms with Crippen LogP contribution in [0.25, 0.3) is 0 Å². The first-order chi connectivity index (χ1) is 11.9. The Balaban J connectivity index is 2.33. The maximum atomic E-state index is 12.7. The Kier molecular flexibility index (Phi) is 5.36. The van der Waals surface area contributed by atoms with Gasteiger partial charge in [0, 0.05) is 0 Å². The Hall–Kier alpha value is -2.10. The fraction of sp³-hybridized carbons (Fsp3) is 0.188. The van der Waals surface area contributed by atoms with Gasteiger partial charge in [-0.05, 0) is 37.3 Å². The van der Waals surface area contributed by atoms with Crippen molar-refractivity contribution < 1.29 is 31.5 Å². The summed E-state index contributed by atoms with van der Waals surface area (Å²) >= 11 is 5.89. The lowest BCUT2D eigenvalue weighted by atomic mass is 10.1. The molecule has 0 saturated carbocycles. The van der Waals surface area contributed by atoms with Gasteiger partial charge in [0.25, 0.3) is 5.91 Å². The van der Waals surface area contributed by atoms with Gasteiger partial charge in [-0.15, -0.1) is 0 Å². The van der Waals surface area contributed by atoms with E-state index in [4.69, 9.17) is 11.6 Å². The quantitative estimate of drug-likeness (QED) is 0.813. The second kappa shape index (κ2) is 6.90. The van der Waals surface area contributed by atoms with Crippen LogP contribution in [0.5, 0.6) is 0 Å². The number of nitrogens with one attached hydrogen (secondary N) is 1. The van der Waals surface area contributed by atoms with Gasteiger partial charge in [-0.25, -0.2) is 8.42 Å². The highest BCUT2D eigenvalue weighted by Crippen LogP contribution is 2.33. The predicted molar refractivity (Wildman–Crippen MR) is 88.7 cm³/mol. The fourth-order valence-electron chi connectivity index (χ4n) is 1.87. The molecule has 5 nitrogen and oxygen atoms in total. The van der Waals surface area contributed by atoms with Crippen molar-refractivity contribution >= 4 is 33.0 Å². The number of halogens is 4. The molecule has 2 aromatic carbocycles. The molecule has 1 atom stereocenters. The number of aliphatic hydroxyl groups is 1. The molecule has 0 saturated heterocycles. The van der Waals surface area contributed by atoms with Crippen LogP contribution in [-0.2, 0) is 14.6 Å². The summed E-state index contributed by atoms with van der Waals surface area (Å²) < 4.78 is 63.0. The van der Waals surface area contributed by atoms with Gasteiger partial charge >= 0.3 is 6.18 Å². The lowest BCUT2D eigenvalue weighted by molar-refractivity contribution is -0.242. The van der Waals surface area contributed by atoms with Gasteiger partial charge in [-0.2, -0.15) is 13.2 Å². The molecule has 0 aromatic heterocycles. The van der Waals surface area contributed by atoms with Crippen molar-refractivity contribution in [3.05, 3.63) is 53.6 Å². The maximum absolute atomic E-state index is 12.7. The van der Waals surface area contributed by atoms with E-state index in [0.29, 0.717) is 6.92 Å². The molecule has 26 heavy (non-hydrogen) atoms. The molecule has 0 unspecified atom stereocenters. The monoisotopic (exact) mass is 407 g/mol. The molecule has 0 radical (unpaired) electrons. The van der Waals surface area contributed by atoms with Crippen molar-refractivity contribution in [3.63, 3.8) is 0 Å².